The van der Waals surface area contributed by atoms with Gasteiger partial charge in [0.25, 0.3) is 11.1 Å². The van der Waals surface area contributed by atoms with Gasteiger partial charge in [-0.05, 0) is 48.5 Å². The topological polar surface area (TPSA) is 37.4 Å². The zero-order valence-electron chi connectivity index (χ0n) is 11.7. The lowest BCUT2D eigenvalue weighted by atomic mass is 10.2. The van der Waals surface area contributed by atoms with Gasteiger partial charge in [0.15, 0.2) is 0 Å². The molecular weight excluding hydrogens is 338 g/mol. The molecule has 0 radical (unpaired) electrons. The Balaban J connectivity index is 1.83. The highest BCUT2D eigenvalue weighted by atomic mass is 35.5. The van der Waals surface area contributed by atoms with Crippen LogP contribution in [0.1, 0.15) is 15.3 Å². The van der Waals surface area contributed by atoms with Gasteiger partial charge in [0.2, 0.25) is 0 Å². The molecule has 1 aliphatic heterocycles. The lowest BCUT2D eigenvalue weighted by Crippen LogP contribution is -2.27. The van der Waals surface area contributed by atoms with E-state index in [0.29, 0.717) is 9.93 Å². The van der Waals surface area contributed by atoms with Gasteiger partial charge in [0.05, 0.1) is 11.4 Å². The van der Waals surface area contributed by atoms with Gasteiger partial charge < -0.3 is 0 Å². The smallest absolute Gasteiger partial charge is 0.268 e. The van der Waals surface area contributed by atoms with Crippen LogP contribution in [0.3, 0.4) is 0 Å². The van der Waals surface area contributed by atoms with Crippen molar-refractivity contribution in [2.75, 3.05) is 0 Å². The van der Waals surface area contributed by atoms with Crippen LogP contribution in [0.2, 0.25) is 5.02 Å². The summed E-state index contributed by atoms with van der Waals surface area (Å²) in [6.45, 7) is 2.20. The maximum absolute atomic E-state index is 12.4. The van der Waals surface area contributed by atoms with E-state index < -0.39 is 0 Å². The average Bonchev–Trinajstić information content (AvgIpc) is 3.00. The molecule has 1 fully saturated rings. The Morgan fingerprint density at radius 1 is 1.18 bits per heavy atom. The van der Waals surface area contributed by atoms with E-state index in [2.05, 4.69) is 0 Å². The van der Waals surface area contributed by atoms with Gasteiger partial charge in [0.1, 0.15) is 0 Å². The molecule has 1 aromatic heterocycles. The molecule has 1 aromatic carbocycles. The molecule has 0 aliphatic carbocycles. The molecule has 0 N–H and O–H groups in total. The van der Waals surface area contributed by atoms with E-state index in [1.54, 1.807) is 23.5 Å². The van der Waals surface area contributed by atoms with E-state index in [4.69, 9.17) is 11.6 Å². The average molecular weight is 350 g/mol. The fourth-order valence-corrected chi connectivity index (χ4v) is 4.01. The Hall–Kier alpha value is -1.56. The van der Waals surface area contributed by atoms with Gasteiger partial charge in [-0.1, -0.05) is 29.8 Å². The van der Waals surface area contributed by atoms with Crippen LogP contribution in [0.4, 0.5) is 4.79 Å². The number of carbonyl (C=O) groups is 2. The van der Waals surface area contributed by atoms with Crippen molar-refractivity contribution in [3.63, 3.8) is 0 Å². The minimum atomic E-state index is -0.263. The summed E-state index contributed by atoms with van der Waals surface area (Å²) in [6, 6.07) is 11.2. The van der Waals surface area contributed by atoms with Crippen LogP contribution in [0.5, 0.6) is 0 Å². The van der Waals surface area contributed by atoms with Crippen molar-refractivity contribution in [3.05, 3.63) is 61.6 Å². The minimum absolute atomic E-state index is 0.200. The van der Waals surface area contributed by atoms with Gasteiger partial charge in [-0.15, -0.1) is 11.3 Å². The number of carbonyl (C=O) groups excluding carboxylic acids is 2. The van der Waals surface area contributed by atoms with E-state index >= 15 is 0 Å². The van der Waals surface area contributed by atoms with Gasteiger partial charge in [0, 0.05) is 14.8 Å². The third-order valence-corrected chi connectivity index (χ3v) is 5.42. The first-order valence-electron chi connectivity index (χ1n) is 6.60. The lowest BCUT2D eigenvalue weighted by molar-refractivity contribution is -0.123. The van der Waals surface area contributed by atoms with Gasteiger partial charge >= 0.3 is 0 Å². The van der Waals surface area contributed by atoms with Crippen molar-refractivity contribution in [1.82, 2.24) is 4.90 Å². The highest BCUT2D eigenvalue weighted by Crippen LogP contribution is 2.35. The summed E-state index contributed by atoms with van der Waals surface area (Å²) in [5.41, 5.74) is 0.764. The van der Waals surface area contributed by atoms with Crippen LogP contribution in [0, 0.1) is 6.92 Å². The third kappa shape index (κ3) is 3.11. The van der Waals surface area contributed by atoms with Crippen LogP contribution in [-0.4, -0.2) is 16.0 Å². The van der Waals surface area contributed by atoms with Gasteiger partial charge in [-0.25, -0.2) is 0 Å². The molecule has 6 heteroatoms. The number of aryl methyl sites for hydroxylation is 1. The first-order chi connectivity index (χ1) is 10.5. The number of halogens is 1. The quantitative estimate of drug-likeness (QED) is 0.736. The summed E-state index contributed by atoms with van der Waals surface area (Å²) in [7, 11) is 0. The van der Waals surface area contributed by atoms with Crippen LogP contribution in [0.25, 0.3) is 6.08 Å². The maximum atomic E-state index is 12.4. The molecular formula is C16H12ClNO2S2. The molecule has 1 saturated heterocycles. The Morgan fingerprint density at radius 2 is 1.95 bits per heavy atom. The normalized spacial score (nSPS) is 16.8. The molecule has 112 valence electrons. The highest BCUT2D eigenvalue weighted by molar-refractivity contribution is 8.18. The van der Waals surface area contributed by atoms with E-state index in [1.807, 2.05) is 37.3 Å². The number of hydrogen-bond donors (Lipinski definition) is 0. The fraction of sp³-hybridized carbons (Fsp3) is 0.125. The number of hydrogen-bond acceptors (Lipinski definition) is 4. The predicted octanol–water partition coefficient (Wildman–Crippen LogP) is 4.95. The van der Waals surface area contributed by atoms with E-state index in [1.165, 1.54) is 9.78 Å². The zero-order chi connectivity index (χ0) is 15.7. The second-order valence-corrected chi connectivity index (χ2v) is 7.53. The first-order valence-corrected chi connectivity index (χ1v) is 8.61. The van der Waals surface area contributed by atoms with Crippen molar-refractivity contribution < 1.29 is 9.59 Å². The third-order valence-electron chi connectivity index (χ3n) is 3.19. The van der Waals surface area contributed by atoms with Gasteiger partial charge in [-0.2, -0.15) is 0 Å². The lowest BCUT2D eigenvalue weighted by Gasteiger charge is -2.13. The molecule has 22 heavy (non-hydrogen) atoms. The molecule has 2 heterocycles. The molecule has 0 atom stereocenters. The van der Waals surface area contributed by atoms with E-state index in [-0.39, 0.29) is 17.7 Å². The molecule has 3 rings (SSSR count). The zero-order valence-corrected chi connectivity index (χ0v) is 14.1. The summed E-state index contributed by atoms with van der Waals surface area (Å²) in [5.74, 6) is -0.263. The molecule has 0 bridgehead atoms. The fourth-order valence-electron chi connectivity index (χ4n) is 2.09. The van der Waals surface area contributed by atoms with Crippen molar-refractivity contribution in [3.8, 4) is 0 Å². The number of imide groups is 1. The standard InChI is InChI=1S/C16H12ClNO2S2/c1-10-6-7-12(21-10)8-14-15(19)18(16(20)22-14)9-11-4-2-3-5-13(11)17/h2-8H,9H2,1H3/b14-8-. The number of thioether (sulfide) groups is 1. The van der Waals surface area contributed by atoms with E-state index in [9.17, 15) is 9.59 Å². The maximum Gasteiger partial charge on any atom is 0.293 e. The SMILES string of the molecule is Cc1ccc(/C=C2\SC(=O)N(Cc3ccccc3Cl)C2=O)s1. The van der Waals surface area contributed by atoms with Crippen LogP contribution in [-0.2, 0) is 11.3 Å². The highest BCUT2D eigenvalue weighted by Gasteiger charge is 2.35. The Kier molecular flexibility index (Phi) is 4.38. The summed E-state index contributed by atoms with van der Waals surface area (Å²) >= 11 is 8.66. The van der Waals surface area contributed by atoms with Crippen molar-refractivity contribution in [1.29, 1.82) is 0 Å². The second kappa shape index (κ2) is 6.28. The second-order valence-electron chi connectivity index (χ2n) is 4.81. The summed E-state index contributed by atoms with van der Waals surface area (Å²) < 4.78 is 0. The predicted molar refractivity (Wildman–Crippen MR) is 92.0 cm³/mol. The van der Waals surface area contributed by atoms with E-state index in [0.717, 1.165) is 22.2 Å². The van der Waals surface area contributed by atoms with Crippen molar-refractivity contribution in [2.24, 2.45) is 0 Å². The van der Waals surface area contributed by atoms with Crippen molar-refractivity contribution >= 4 is 51.9 Å². The monoisotopic (exact) mass is 349 g/mol. The summed E-state index contributed by atoms with van der Waals surface area (Å²) in [5, 5.41) is 0.295. The molecule has 3 nitrogen and oxygen atoms in total. The molecule has 0 unspecified atom stereocenters. The summed E-state index contributed by atoms with van der Waals surface area (Å²) in [6.07, 6.45) is 1.77. The number of thiophene rings is 1. The van der Waals surface area contributed by atoms with Crippen LogP contribution < -0.4 is 0 Å². The number of benzene rings is 1. The molecule has 0 saturated carbocycles. The largest absolute Gasteiger partial charge is 0.293 e. The van der Waals surface area contributed by atoms with Crippen LogP contribution in [0.15, 0.2) is 41.3 Å². The number of nitrogens with zero attached hydrogens (tertiary/aromatic N) is 1. The molecule has 1 aliphatic rings. The molecule has 2 aromatic rings. The Morgan fingerprint density at radius 3 is 2.64 bits per heavy atom. The summed E-state index contributed by atoms with van der Waals surface area (Å²) in [4.78, 5) is 28.3. The molecule has 2 amide bonds. The molecule has 0 spiro atoms. The van der Waals surface area contributed by atoms with Crippen LogP contribution >= 0.6 is 34.7 Å². The Labute approximate surface area is 141 Å². The first kappa shape index (κ1) is 15.3. The van der Waals surface area contributed by atoms with Crippen molar-refractivity contribution in [2.45, 2.75) is 13.5 Å². The number of rotatable bonds is 3. The van der Waals surface area contributed by atoms with Gasteiger partial charge in [-0.3, -0.25) is 14.5 Å². The Bertz CT molecular complexity index is 782. The minimum Gasteiger partial charge on any atom is -0.268 e. The number of amides is 2.